The molecular weight excluding hydrogens is 1160 g/mol. The number of hydrogen-bond acceptors (Lipinski definition) is 8. The number of esters is 2. The third kappa shape index (κ3) is 75.2. The highest BCUT2D eigenvalue weighted by atomic mass is 31.2. The van der Waals surface area contributed by atoms with Crippen molar-refractivity contribution in [2.45, 2.75) is 328 Å². The maximum absolute atomic E-state index is 12.9. The van der Waals surface area contributed by atoms with Crippen LogP contribution < -0.4 is 4.89 Å². The number of hydrogen-bond donors (Lipinski definition) is 0. The molecule has 0 aliphatic carbocycles. The lowest BCUT2D eigenvalue weighted by atomic mass is 10.0. The molecule has 0 fully saturated rings. The highest BCUT2D eigenvalue weighted by molar-refractivity contribution is 7.45. The van der Waals surface area contributed by atoms with Gasteiger partial charge in [-0.1, -0.05) is 334 Å². The molecule has 0 amide bonds. The maximum Gasteiger partial charge on any atom is 0.306 e. The summed E-state index contributed by atoms with van der Waals surface area (Å²) in [4.78, 5) is 38.2. The number of carbonyl (C=O) groups excluding carboxylic acids is 2. The van der Waals surface area contributed by atoms with E-state index in [1.807, 2.05) is 21.1 Å². The number of nitrogens with zero attached hydrogens (tertiary/aromatic N) is 1. The van der Waals surface area contributed by atoms with Gasteiger partial charge in [0.25, 0.3) is 7.82 Å². The van der Waals surface area contributed by atoms with E-state index in [0.717, 1.165) is 109 Å². The molecule has 0 spiro atoms. The van der Waals surface area contributed by atoms with Crippen LogP contribution in [0.25, 0.3) is 0 Å². The number of unbranched alkanes of at least 4 members (excludes halogenated alkanes) is 33. The van der Waals surface area contributed by atoms with Crippen molar-refractivity contribution >= 4 is 19.8 Å². The van der Waals surface area contributed by atoms with Crippen molar-refractivity contribution in [2.75, 3.05) is 47.5 Å². The molecule has 0 aliphatic rings. The largest absolute Gasteiger partial charge is 0.756 e. The lowest BCUT2D eigenvalue weighted by Crippen LogP contribution is -2.37. The summed E-state index contributed by atoms with van der Waals surface area (Å²) in [5.41, 5.74) is 0. The average molecular weight is 1300 g/mol. The van der Waals surface area contributed by atoms with Gasteiger partial charge in [-0.25, -0.2) is 0 Å². The number of allylic oxidation sites excluding steroid dienone is 22. The number of likely N-dealkylation sites (N-methyl/N-ethyl adjacent to an activating group) is 1. The average Bonchev–Trinajstić information content (AvgIpc) is 2.14. The van der Waals surface area contributed by atoms with Crippen molar-refractivity contribution in [3.8, 4) is 0 Å². The molecule has 0 aromatic heterocycles. The highest BCUT2D eigenvalue weighted by Gasteiger charge is 2.22. The Morgan fingerprint density at radius 2 is 0.587 bits per heavy atom. The van der Waals surface area contributed by atoms with E-state index in [0.29, 0.717) is 17.4 Å². The van der Waals surface area contributed by atoms with Crippen molar-refractivity contribution in [2.24, 2.45) is 0 Å². The van der Waals surface area contributed by atoms with Gasteiger partial charge in [-0.05, 0) is 109 Å². The molecule has 10 heteroatoms. The van der Waals surface area contributed by atoms with Crippen LogP contribution in [-0.2, 0) is 32.7 Å². The zero-order chi connectivity index (χ0) is 66.9. The van der Waals surface area contributed by atoms with Gasteiger partial charge >= 0.3 is 11.9 Å². The number of carbonyl (C=O) groups is 2. The summed E-state index contributed by atoms with van der Waals surface area (Å²) >= 11 is 0. The molecular formula is C82H142NO8P. The lowest BCUT2D eigenvalue weighted by Gasteiger charge is -2.28. The van der Waals surface area contributed by atoms with Crippen molar-refractivity contribution in [1.82, 2.24) is 0 Å². The number of phosphoric ester groups is 1. The first-order valence-corrected chi connectivity index (χ1v) is 39.4. The van der Waals surface area contributed by atoms with Crippen LogP contribution in [0.5, 0.6) is 0 Å². The molecule has 0 rings (SSSR count). The first-order valence-electron chi connectivity index (χ1n) is 37.9. The molecule has 9 nitrogen and oxygen atoms in total. The van der Waals surface area contributed by atoms with Crippen LogP contribution in [0.3, 0.4) is 0 Å². The van der Waals surface area contributed by atoms with Gasteiger partial charge in [0.05, 0.1) is 27.7 Å². The fraction of sp³-hybridized carbons (Fsp3) is 0.707. The van der Waals surface area contributed by atoms with Crippen LogP contribution in [0.1, 0.15) is 322 Å². The summed E-state index contributed by atoms with van der Waals surface area (Å²) in [6.07, 6.45) is 104. The van der Waals surface area contributed by atoms with Gasteiger partial charge in [0.2, 0.25) is 0 Å². The summed E-state index contributed by atoms with van der Waals surface area (Å²) in [5, 5.41) is 0. The molecule has 0 aliphatic heterocycles. The van der Waals surface area contributed by atoms with Crippen molar-refractivity contribution in [3.05, 3.63) is 134 Å². The molecule has 0 aromatic rings. The topological polar surface area (TPSA) is 111 Å². The van der Waals surface area contributed by atoms with E-state index in [4.69, 9.17) is 18.5 Å². The third-order valence-corrected chi connectivity index (χ3v) is 17.1. The minimum absolute atomic E-state index is 0.0347. The molecule has 0 saturated carbocycles. The molecule has 0 aromatic carbocycles. The van der Waals surface area contributed by atoms with Crippen LogP contribution in [0.4, 0.5) is 0 Å². The zero-order valence-corrected chi connectivity index (χ0v) is 61.1. The smallest absolute Gasteiger partial charge is 0.306 e. The monoisotopic (exact) mass is 1300 g/mol. The second-order valence-corrected chi connectivity index (χ2v) is 27.7. The van der Waals surface area contributed by atoms with Gasteiger partial charge in [-0.2, -0.15) is 0 Å². The second-order valence-electron chi connectivity index (χ2n) is 26.3. The summed E-state index contributed by atoms with van der Waals surface area (Å²) in [6.45, 7) is 4.04. The van der Waals surface area contributed by atoms with E-state index >= 15 is 0 Å². The van der Waals surface area contributed by atoms with Gasteiger partial charge in [0, 0.05) is 12.8 Å². The number of phosphoric acid groups is 1. The van der Waals surface area contributed by atoms with Gasteiger partial charge in [0.1, 0.15) is 19.8 Å². The molecule has 0 saturated heterocycles. The van der Waals surface area contributed by atoms with Gasteiger partial charge in [-0.3, -0.25) is 14.2 Å². The molecule has 0 bridgehead atoms. The maximum atomic E-state index is 12.9. The Balaban J connectivity index is 3.99. The van der Waals surface area contributed by atoms with Gasteiger partial charge < -0.3 is 27.9 Å². The normalized spacial score (nSPS) is 13.8. The van der Waals surface area contributed by atoms with Gasteiger partial charge in [0.15, 0.2) is 6.10 Å². The fourth-order valence-corrected chi connectivity index (χ4v) is 11.2. The van der Waals surface area contributed by atoms with Crippen molar-refractivity contribution < 1.29 is 42.1 Å². The van der Waals surface area contributed by atoms with Crippen molar-refractivity contribution in [1.29, 1.82) is 0 Å². The van der Waals surface area contributed by atoms with Crippen LogP contribution in [-0.4, -0.2) is 70.0 Å². The van der Waals surface area contributed by atoms with Crippen molar-refractivity contribution in [3.63, 3.8) is 0 Å². The van der Waals surface area contributed by atoms with Gasteiger partial charge in [-0.15, -0.1) is 0 Å². The summed E-state index contributed by atoms with van der Waals surface area (Å²) < 4.78 is 34.4. The van der Waals surface area contributed by atoms with E-state index in [1.54, 1.807) is 0 Å². The minimum Gasteiger partial charge on any atom is -0.756 e. The Kier molecular flexibility index (Phi) is 68.5. The molecule has 528 valence electrons. The first kappa shape index (κ1) is 88.2. The van der Waals surface area contributed by atoms with E-state index < -0.39 is 26.5 Å². The van der Waals surface area contributed by atoms with E-state index in [9.17, 15) is 19.0 Å². The molecule has 92 heavy (non-hydrogen) atoms. The summed E-state index contributed by atoms with van der Waals surface area (Å²) in [5.74, 6) is -0.829. The highest BCUT2D eigenvalue weighted by Crippen LogP contribution is 2.38. The molecule has 0 radical (unpaired) electrons. The minimum atomic E-state index is -4.65. The van der Waals surface area contributed by atoms with E-state index in [-0.39, 0.29) is 32.0 Å². The SMILES string of the molecule is CC/C=C\C/C=C\C/C=C\C/C=C\C/C=C\C/C=C\CCCCCCCCCCCCCCC(=O)OC(COC(=O)CCCCCCCCCCCCCCCCCCCCCCC/C=C\C/C=C\C/C=C\C/C=C\C/C=C\CC)COP(=O)([O-])OCC[N+](C)(C)C. The van der Waals surface area contributed by atoms with Crippen LogP contribution in [0, 0.1) is 0 Å². The Hall–Kier alpha value is -3.85. The van der Waals surface area contributed by atoms with E-state index in [1.165, 1.54) is 180 Å². The number of rotatable bonds is 69. The van der Waals surface area contributed by atoms with Crippen LogP contribution in [0.15, 0.2) is 134 Å². The second kappa shape index (κ2) is 71.4. The fourth-order valence-electron chi connectivity index (χ4n) is 10.5. The Morgan fingerprint density at radius 1 is 0.337 bits per heavy atom. The number of ether oxygens (including phenoxy) is 2. The third-order valence-electron chi connectivity index (χ3n) is 16.2. The first-order chi connectivity index (χ1) is 45.0. The Labute approximate surface area is 568 Å². The quantitative estimate of drug-likeness (QED) is 0.0195. The Morgan fingerprint density at radius 3 is 0.870 bits per heavy atom. The van der Waals surface area contributed by atoms with Crippen LogP contribution >= 0.6 is 7.82 Å². The lowest BCUT2D eigenvalue weighted by molar-refractivity contribution is -0.870. The molecule has 2 atom stereocenters. The summed E-state index contributed by atoms with van der Waals surface area (Å²) in [7, 11) is 1.16. The predicted octanol–water partition coefficient (Wildman–Crippen LogP) is 24.5. The van der Waals surface area contributed by atoms with Crippen LogP contribution in [0.2, 0.25) is 0 Å². The molecule has 0 heterocycles. The number of quaternary nitrogens is 1. The van der Waals surface area contributed by atoms with E-state index in [2.05, 4.69) is 148 Å². The standard InChI is InChI=1S/C82H142NO8P/c1-6-8-10-12-14-16-18-20-22-24-26-28-30-32-34-36-38-39-40-41-42-43-45-46-48-50-52-54-56-58-60-62-64-66-68-70-72-74-81(84)88-78-80(79-90-92(86,87)89-77-76-83(3,4)5)91-82(85)75-73-71-69-67-65-63-61-59-57-55-53-51-49-47-44-37-35-33-31-29-27-25-23-21-19-17-15-13-11-9-7-2/h8-11,14-17,20-23,26-29,32-35,44,47,80H,6-7,12-13,18-19,24-25,30-31,36-43,45-46,48-79H2,1-5H3/b10-8-,11-9-,16-14-,17-15-,22-20-,23-21-,28-26-,29-27-,34-32-,35-33-,47-44-. The Bertz CT molecular complexity index is 2020. The molecule has 2 unspecified atom stereocenters. The zero-order valence-electron chi connectivity index (χ0n) is 60.2. The molecule has 0 N–H and O–H groups in total. The predicted molar refractivity (Wildman–Crippen MR) is 397 cm³/mol. The summed E-state index contributed by atoms with van der Waals surface area (Å²) in [6, 6.07) is 0.